The van der Waals surface area contributed by atoms with Gasteiger partial charge in [0.2, 0.25) is 0 Å². The molecule has 0 radical (unpaired) electrons. The molecule has 1 saturated carbocycles. The molecular weight excluding hydrogens is 456 g/mol. The number of rotatable bonds is 8. The molecule has 0 bridgehead atoms. The number of nitrogens with one attached hydrogen (secondary N) is 2. The average Bonchev–Trinajstić information content (AvgIpc) is 3.29. The predicted octanol–water partition coefficient (Wildman–Crippen LogP) is 2.47. The number of hydrogen-bond donors (Lipinski definition) is 2. The van der Waals surface area contributed by atoms with Gasteiger partial charge in [-0.3, -0.25) is 4.99 Å². The Morgan fingerprint density at radius 1 is 1.28 bits per heavy atom. The molecule has 0 atom stereocenters. The quantitative estimate of drug-likeness (QED) is 0.258. The second-order valence-electron chi connectivity index (χ2n) is 6.37. The van der Waals surface area contributed by atoms with E-state index in [4.69, 9.17) is 0 Å². The van der Waals surface area contributed by atoms with E-state index >= 15 is 0 Å². The lowest BCUT2D eigenvalue weighted by molar-refractivity contribution is 0.572. The molecule has 1 aliphatic carbocycles. The smallest absolute Gasteiger partial charge is 0.191 e. The molecule has 0 spiro atoms. The van der Waals surface area contributed by atoms with Crippen molar-refractivity contribution in [2.75, 3.05) is 31.6 Å². The molecule has 0 heterocycles. The Labute approximate surface area is 166 Å². The molecule has 8 heteroatoms. The van der Waals surface area contributed by atoms with Crippen LogP contribution < -0.4 is 10.6 Å². The first kappa shape index (κ1) is 22.1. The van der Waals surface area contributed by atoms with Crippen LogP contribution >= 0.6 is 24.0 Å². The van der Waals surface area contributed by atoms with E-state index < -0.39 is 9.84 Å². The van der Waals surface area contributed by atoms with Crippen molar-refractivity contribution in [1.82, 2.24) is 10.6 Å². The van der Waals surface area contributed by atoms with Crippen LogP contribution in [0.4, 0.5) is 4.39 Å². The fourth-order valence-corrected chi connectivity index (χ4v) is 3.34. The molecular formula is C17H27FIN3O2S. The fourth-order valence-electron chi connectivity index (χ4n) is 2.67. The van der Waals surface area contributed by atoms with Gasteiger partial charge in [0.1, 0.15) is 15.7 Å². The van der Waals surface area contributed by atoms with Crippen molar-refractivity contribution >= 4 is 39.8 Å². The standard InChI is InChI=1S/C17H26FN3O2S.HI/c1-3-19-16(20-11-6-12-24(2,22)23)21-13-17(9-10-17)14-7-4-5-8-15(14)18;/h4-5,7-8H,3,6,9-13H2,1-2H3,(H2,19,20,21);1H. The Morgan fingerprint density at radius 2 is 1.96 bits per heavy atom. The molecule has 1 aliphatic rings. The highest BCUT2D eigenvalue weighted by atomic mass is 127. The summed E-state index contributed by atoms with van der Waals surface area (Å²) < 4.78 is 36.3. The topological polar surface area (TPSA) is 70.6 Å². The highest BCUT2D eigenvalue weighted by molar-refractivity contribution is 14.0. The molecule has 0 saturated heterocycles. The molecule has 2 rings (SSSR count). The maximum atomic E-state index is 14.0. The number of hydrogen-bond acceptors (Lipinski definition) is 3. The van der Waals surface area contributed by atoms with Gasteiger partial charge >= 0.3 is 0 Å². The molecule has 2 N–H and O–H groups in total. The summed E-state index contributed by atoms with van der Waals surface area (Å²) in [5.41, 5.74) is 0.544. The lowest BCUT2D eigenvalue weighted by Gasteiger charge is -2.16. The van der Waals surface area contributed by atoms with Crippen molar-refractivity contribution < 1.29 is 12.8 Å². The van der Waals surface area contributed by atoms with Crippen LogP contribution in [0.5, 0.6) is 0 Å². The van der Waals surface area contributed by atoms with Crippen LogP contribution in [0.2, 0.25) is 0 Å². The van der Waals surface area contributed by atoms with Crippen LogP contribution in [0.1, 0.15) is 31.7 Å². The van der Waals surface area contributed by atoms with Gasteiger partial charge in [-0.1, -0.05) is 18.2 Å². The van der Waals surface area contributed by atoms with E-state index in [1.807, 2.05) is 19.1 Å². The Morgan fingerprint density at radius 3 is 2.52 bits per heavy atom. The van der Waals surface area contributed by atoms with E-state index in [1.54, 1.807) is 6.07 Å². The zero-order chi connectivity index (χ0) is 17.6. The average molecular weight is 483 g/mol. The third-order valence-corrected chi connectivity index (χ3v) is 5.20. The van der Waals surface area contributed by atoms with Crippen LogP contribution in [0.3, 0.4) is 0 Å². The molecule has 1 aromatic carbocycles. The first-order chi connectivity index (χ1) is 11.4. The summed E-state index contributed by atoms with van der Waals surface area (Å²) in [5, 5.41) is 6.28. The van der Waals surface area contributed by atoms with Gasteiger partial charge in [-0.2, -0.15) is 0 Å². The summed E-state index contributed by atoms with van der Waals surface area (Å²) in [7, 11) is -2.94. The summed E-state index contributed by atoms with van der Waals surface area (Å²) in [6, 6.07) is 6.89. The molecule has 0 aromatic heterocycles. The van der Waals surface area contributed by atoms with Crippen molar-refractivity contribution in [3.8, 4) is 0 Å². The number of sulfone groups is 1. The van der Waals surface area contributed by atoms with Crippen molar-refractivity contribution in [2.45, 2.75) is 31.6 Å². The van der Waals surface area contributed by atoms with Crippen molar-refractivity contribution in [2.24, 2.45) is 4.99 Å². The molecule has 0 unspecified atom stereocenters. The lowest BCUT2D eigenvalue weighted by atomic mass is 9.95. The summed E-state index contributed by atoms with van der Waals surface area (Å²) >= 11 is 0. The maximum Gasteiger partial charge on any atom is 0.191 e. The molecule has 5 nitrogen and oxygen atoms in total. The van der Waals surface area contributed by atoms with Crippen molar-refractivity contribution in [3.05, 3.63) is 35.6 Å². The summed E-state index contributed by atoms with van der Waals surface area (Å²) in [6.07, 6.45) is 3.63. The van der Waals surface area contributed by atoms with Gasteiger partial charge < -0.3 is 10.6 Å². The number of guanidine groups is 1. The van der Waals surface area contributed by atoms with Gasteiger partial charge in [0.25, 0.3) is 0 Å². The molecule has 1 fully saturated rings. The largest absolute Gasteiger partial charge is 0.357 e. The second kappa shape index (κ2) is 9.70. The van der Waals surface area contributed by atoms with Crippen LogP contribution in [-0.2, 0) is 15.3 Å². The van der Waals surface area contributed by atoms with E-state index in [1.165, 1.54) is 12.3 Å². The Hall–Kier alpha value is -0.900. The number of halogens is 2. The minimum absolute atomic E-state index is 0. The van der Waals surface area contributed by atoms with Crippen molar-refractivity contribution in [1.29, 1.82) is 0 Å². The summed E-state index contributed by atoms with van der Waals surface area (Å²) in [5.74, 6) is 0.628. The van der Waals surface area contributed by atoms with E-state index in [0.717, 1.165) is 18.4 Å². The summed E-state index contributed by atoms with van der Waals surface area (Å²) in [6.45, 7) is 3.74. The van der Waals surface area contributed by atoms with Crippen molar-refractivity contribution in [3.63, 3.8) is 0 Å². The van der Waals surface area contributed by atoms with Crippen LogP contribution in [-0.4, -0.2) is 46.0 Å². The van der Waals surface area contributed by atoms with Crippen LogP contribution in [0, 0.1) is 5.82 Å². The van der Waals surface area contributed by atoms with Gasteiger partial charge in [0, 0.05) is 24.8 Å². The Balaban J connectivity index is 0.00000312. The van der Waals surface area contributed by atoms with Crippen LogP contribution in [0.15, 0.2) is 29.3 Å². The highest BCUT2D eigenvalue weighted by Gasteiger charge is 2.45. The fraction of sp³-hybridized carbons (Fsp3) is 0.588. The van der Waals surface area contributed by atoms with Gasteiger partial charge in [0.15, 0.2) is 5.96 Å². The third kappa shape index (κ3) is 7.08. The minimum Gasteiger partial charge on any atom is -0.357 e. The molecule has 25 heavy (non-hydrogen) atoms. The van der Waals surface area contributed by atoms with E-state index in [9.17, 15) is 12.8 Å². The second-order valence-corrected chi connectivity index (χ2v) is 8.63. The molecule has 142 valence electrons. The number of nitrogens with zero attached hydrogens (tertiary/aromatic N) is 1. The monoisotopic (exact) mass is 483 g/mol. The van der Waals surface area contributed by atoms with Gasteiger partial charge in [0.05, 0.1) is 12.3 Å². The Bertz CT molecular complexity index is 691. The number of benzene rings is 1. The number of aliphatic imine (C=N–C) groups is 1. The van der Waals surface area contributed by atoms with E-state index in [0.29, 0.717) is 32.0 Å². The lowest BCUT2D eigenvalue weighted by Crippen LogP contribution is -2.38. The predicted molar refractivity (Wildman–Crippen MR) is 111 cm³/mol. The minimum atomic E-state index is -2.94. The normalized spacial score (nSPS) is 16.0. The van der Waals surface area contributed by atoms with Gasteiger partial charge in [-0.05, 0) is 37.8 Å². The molecule has 0 aliphatic heterocycles. The van der Waals surface area contributed by atoms with E-state index in [2.05, 4.69) is 15.6 Å². The zero-order valence-electron chi connectivity index (χ0n) is 14.7. The first-order valence-electron chi connectivity index (χ1n) is 8.31. The maximum absolute atomic E-state index is 14.0. The van der Waals surface area contributed by atoms with Crippen LogP contribution in [0.25, 0.3) is 0 Å². The van der Waals surface area contributed by atoms with Gasteiger partial charge in [-0.15, -0.1) is 24.0 Å². The SMILES string of the molecule is CCNC(=NCC1(c2ccccc2F)CC1)NCCCS(C)(=O)=O.I. The third-order valence-electron chi connectivity index (χ3n) is 4.17. The molecule has 1 aromatic rings. The van der Waals surface area contributed by atoms with Gasteiger partial charge in [-0.25, -0.2) is 12.8 Å². The van der Waals surface area contributed by atoms with E-state index in [-0.39, 0.29) is 41.0 Å². The zero-order valence-corrected chi connectivity index (χ0v) is 17.9. The Kier molecular flexibility index (Phi) is 8.59. The first-order valence-corrected chi connectivity index (χ1v) is 10.4. The molecule has 0 amide bonds. The summed E-state index contributed by atoms with van der Waals surface area (Å²) in [4.78, 5) is 4.58. The highest BCUT2D eigenvalue weighted by Crippen LogP contribution is 2.49.